The quantitative estimate of drug-likeness (QED) is 0.477. The van der Waals surface area contributed by atoms with Crippen molar-refractivity contribution < 1.29 is 41.1 Å². The van der Waals surface area contributed by atoms with E-state index in [0.717, 1.165) is 15.9 Å². The number of hydrogen-bond donors (Lipinski definition) is 1. The van der Waals surface area contributed by atoms with Gasteiger partial charge in [0.25, 0.3) is 11.8 Å². The fourth-order valence-electron chi connectivity index (χ4n) is 3.56. The third-order valence-electron chi connectivity index (χ3n) is 5.40. The molecule has 11 heteroatoms. The van der Waals surface area contributed by atoms with Crippen LogP contribution in [0.5, 0.6) is 0 Å². The number of likely N-dealkylation sites (tertiary alicyclic amines) is 1. The highest BCUT2D eigenvalue weighted by atomic mass is 19.4. The Balaban J connectivity index is 1.63. The van der Waals surface area contributed by atoms with Gasteiger partial charge in [0.1, 0.15) is 5.76 Å². The number of hydrogen-bond acceptors (Lipinski definition) is 3. The molecule has 0 radical (unpaired) electrons. The summed E-state index contributed by atoms with van der Waals surface area (Å²) in [5.41, 5.74) is -0.524. The molecule has 2 aromatic carbocycles. The summed E-state index contributed by atoms with van der Waals surface area (Å²) >= 11 is 0. The van der Waals surface area contributed by atoms with Gasteiger partial charge in [0.15, 0.2) is 0 Å². The molecular formula is C23H17F5N2O4. The molecule has 1 aliphatic rings. The average molecular weight is 480 g/mol. The van der Waals surface area contributed by atoms with Gasteiger partial charge >= 0.3 is 12.3 Å². The lowest BCUT2D eigenvalue weighted by atomic mass is 9.96. The van der Waals surface area contributed by atoms with E-state index in [0.29, 0.717) is 5.56 Å². The third-order valence-corrected chi connectivity index (χ3v) is 5.40. The minimum atomic E-state index is -4.74. The second-order valence-corrected chi connectivity index (χ2v) is 7.83. The summed E-state index contributed by atoms with van der Waals surface area (Å²) in [6.07, 6.45) is -6.08. The van der Waals surface area contributed by atoms with E-state index in [1.807, 2.05) is 0 Å². The van der Waals surface area contributed by atoms with Crippen molar-refractivity contribution in [3.63, 3.8) is 0 Å². The van der Waals surface area contributed by atoms with Crippen LogP contribution in [-0.4, -0.2) is 48.1 Å². The number of halogens is 5. The summed E-state index contributed by atoms with van der Waals surface area (Å²) in [7, 11) is 1.20. The van der Waals surface area contributed by atoms with Crippen LogP contribution in [0.25, 0.3) is 22.5 Å². The van der Waals surface area contributed by atoms with E-state index < -0.39 is 42.8 Å². The standard InChI is InChI=1S/C23H17F5N2O4/c1-29(21(32)33)19-9-8-18(34-19)16-7-6-15(10-17(16)23(26,27)28)13-2-4-14(5-3-13)20(31)30-11-22(24,25)12-30/h2-10H,11-12H2,1H3,(H,32,33). The molecule has 0 spiro atoms. The molecule has 1 aliphatic heterocycles. The summed E-state index contributed by atoms with van der Waals surface area (Å²) in [5, 5.41) is 9.01. The summed E-state index contributed by atoms with van der Waals surface area (Å²) in [5.74, 6) is -3.78. The number of carboxylic acid groups (broad SMARTS) is 1. The van der Waals surface area contributed by atoms with Crippen molar-refractivity contribution in [2.45, 2.75) is 12.1 Å². The van der Waals surface area contributed by atoms with Crippen molar-refractivity contribution in [1.82, 2.24) is 4.90 Å². The van der Waals surface area contributed by atoms with Crippen LogP contribution in [0.3, 0.4) is 0 Å². The lowest BCUT2D eigenvalue weighted by molar-refractivity contribution is -0.137. The molecule has 178 valence electrons. The van der Waals surface area contributed by atoms with E-state index in [4.69, 9.17) is 9.52 Å². The molecule has 34 heavy (non-hydrogen) atoms. The van der Waals surface area contributed by atoms with Crippen LogP contribution >= 0.6 is 0 Å². The topological polar surface area (TPSA) is 74.0 Å². The minimum Gasteiger partial charge on any atom is -0.465 e. The first-order valence-electron chi connectivity index (χ1n) is 9.91. The number of nitrogens with zero attached hydrogens (tertiary/aromatic N) is 2. The molecule has 2 heterocycles. The molecule has 0 aliphatic carbocycles. The molecule has 4 rings (SSSR count). The molecule has 1 N–H and O–H groups in total. The van der Waals surface area contributed by atoms with Crippen molar-refractivity contribution in [2.24, 2.45) is 0 Å². The Hall–Kier alpha value is -3.89. The van der Waals surface area contributed by atoms with Crippen LogP contribution in [0.4, 0.5) is 32.6 Å². The number of benzene rings is 2. The van der Waals surface area contributed by atoms with Crippen LogP contribution in [0.2, 0.25) is 0 Å². The van der Waals surface area contributed by atoms with Crippen LogP contribution in [-0.2, 0) is 6.18 Å². The fraction of sp³-hybridized carbons (Fsp3) is 0.217. The second-order valence-electron chi connectivity index (χ2n) is 7.83. The van der Waals surface area contributed by atoms with Gasteiger partial charge in [-0.15, -0.1) is 0 Å². The van der Waals surface area contributed by atoms with Gasteiger partial charge in [-0.25, -0.2) is 13.6 Å². The Bertz CT molecular complexity index is 1240. The molecule has 1 aromatic heterocycles. The van der Waals surface area contributed by atoms with Crippen molar-refractivity contribution in [1.29, 1.82) is 0 Å². The average Bonchev–Trinajstić information content (AvgIpc) is 3.25. The summed E-state index contributed by atoms with van der Waals surface area (Å²) in [6.45, 7) is -1.33. The van der Waals surface area contributed by atoms with Gasteiger partial charge in [0.2, 0.25) is 5.88 Å². The number of carbonyl (C=O) groups is 2. The molecule has 0 saturated carbocycles. The minimum absolute atomic E-state index is 0.139. The summed E-state index contributed by atoms with van der Waals surface area (Å²) < 4.78 is 72.8. The van der Waals surface area contributed by atoms with Crippen LogP contribution in [0, 0.1) is 0 Å². The zero-order valence-corrected chi connectivity index (χ0v) is 17.6. The predicted octanol–water partition coefficient (Wildman–Crippen LogP) is 5.84. The van der Waals surface area contributed by atoms with Crippen LogP contribution in [0.1, 0.15) is 15.9 Å². The highest BCUT2D eigenvalue weighted by Crippen LogP contribution is 2.41. The Morgan fingerprint density at radius 3 is 2.18 bits per heavy atom. The molecule has 0 bridgehead atoms. The first-order chi connectivity index (χ1) is 15.9. The van der Waals surface area contributed by atoms with Crippen molar-refractivity contribution in [3.05, 3.63) is 65.7 Å². The first kappa shape index (κ1) is 23.3. The van der Waals surface area contributed by atoms with Gasteiger partial charge in [-0.05, 0) is 35.4 Å². The van der Waals surface area contributed by atoms with Gasteiger partial charge < -0.3 is 14.4 Å². The second kappa shape index (κ2) is 8.15. The Morgan fingerprint density at radius 2 is 1.62 bits per heavy atom. The molecule has 0 unspecified atom stereocenters. The number of anilines is 1. The summed E-state index contributed by atoms with van der Waals surface area (Å²) in [4.78, 5) is 25.0. The van der Waals surface area contributed by atoms with E-state index in [9.17, 15) is 31.5 Å². The highest BCUT2D eigenvalue weighted by Gasteiger charge is 2.46. The Morgan fingerprint density at radius 1 is 1.00 bits per heavy atom. The number of amides is 2. The molecule has 2 amide bonds. The van der Waals surface area contributed by atoms with Gasteiger partial charge in [-0.2, -0.15) is 13.2 Å². The monoisotopic (exact) mass is 480 g/mol. The van der Waals surface area contributed by atoms with E-state index >= 15 is 0 Å². The molecule has 6 nitrogen and oxygen atoms in total. The zero-order valence-electron chi connectivity index (χ0n) is 17.6. The maximum atomic E-state index is 13.8. The van der Waals surface area contributed by atoms with Gasteiger partial charge in [0.05, 0.1) is 18.7 Å². The number of alkyl halides is 5. The third kappa shape index (κ3) is 4.45. The lowest BCUT2D eigenvalue weighted by Crippen LogP contribution is -2.58. The van der Waals surface area contributed by atoms with Crippen LogP contribution < -0.4 is 4.90 Å². The smallest absolute Gasteiger partial charge is 0.417 e. The van der Waals surface area contributed by atoms with E-state index in [-0.39, 0.29) is 28.3 Å². The molecule has 3 aromatic rings. The van der Waals surface area contributed by atoms with Crippen molar-refractivity contribution in [3.8, 4) is 22.5 Å². The lowest BCUT2D eigenvalue weighted by Gasteiger charge is -2.38. The first-order valence-corrected chi connectivity index (χ1v) is 9.91. The van der Waals surface area contributed by atoms with Crippen molar-refractivity contribution in [2.75, 3.05) is 25.0 Å². The number of furan rings is 1. The number of carbonyl (C=O) groups excluding carboxylic acids is 1. The Labute approximate surface area is 189 Å². The Kier molecular flexibility index (Phi) is 5.58. The van der Waals surface area contributed by atoms with Gasteiger partial charge in [0, 0.05) is 24.2 Å². The summed E-state index contributed by atoms with van der Waals surface area (Å²) in [6, 6.07) is 11.7. The maximum absolute atomic E-state index is 13.8. The number of rotatable bonds is 4. The van der Waals surface area contributed by atoms with E-state index in [2.05, 4.69) is 0 Å². The van der Waals surface area contributed by atoms with Crippen LogP contribution in [0.15, 0.2) is 59.0 Å². The normalized spacial score (nSPS) is 15.1. The fourth-order valence-corrected chi connectivity index (χ4v) is 3.56. The molecule has 1 fully saturated rings. The van der Waals surface area contributed by atoms with Gasteiger partial charge in [-0.3, -0.25) is 9.69 Å². The molecule has 0 atom stereocenters. The maximum Gasteiger partial charge on any atom is 0.417 e. The van der Waals surface area contributed by atoms with Crippen molar-refractivity contribution >= 4 is 17.9 Å². The van der Waals surface area contributed by atoms with Gasteiger partial charge in [-0.1, -0.05) is 24.3 Å². The predicted molar refractivity (Wildman–Crippen MR) is 112 cm³/mol. The highest BCUT2D eigenvalue weighted by molar-refractivity contribution is 5.95. The zero-order chi connectivity index (χ0) is 24.8. The molecular weight excluding hydrogens is 463 g/mol. The molecule has 1 saturated heterocycles. The largest absolute Gasteiger partial charge is 0.465 e. The van der Waals surface area contributed by atoms with E-state index in [1.165, 1.54) is 55.6 Å². The van der Waals surface area contributed by atoms with E-state index in [1.54, 1.807) is 0 Å². The SMILES string of the molecule is CN(C(=O)O)c1ccc(-c2ccc(-c3ccc(C(=O)N4CC(F)(F)C4)cc3)cc2C(F)(F)F)o1.